The van der Waals surface area contributed by atoms with Crippen LogP contribution < -0.4 is 5.69 Å². The van der Waals surface area contributed by atoms with Crippen LogP contribution in [0.4, 0.5) is 0 Å². The van der Waals surface area contributed by atoms with Gasteiger partial charge in [-0.1, -0.05) is 12.1 Å². The van der Waals surface area contributed by atoms with Gasteiger partial charge < -0.3 is 0 Å². The maximum Gasteiger partial charge on any atom is 0.350 e. The Bertz CT molecular complexity index is 806. The third kappa shape index (κ3) is 2.15. The molecular formula is C17H19N3O. The van der Waals surface area contributed by atoms with Crippen molar-refractivity contribution in [2.45, 2.75) is 39.7 Å². The molecule has 1 aromatic heterocycles. The Morgan fingerprint density at radius 2 is 2.00 bits per heavy atom. The van der Waals surface area contributed by atoms with Gasteiger partial charge in [-0.25, -0.2) is 9.48 Å². The Morgan fingerprint density at radius 1 is 1.24 bits per heavy atom. The normalized spacial score (nSPS) is 16.5. The second kappa shape index (κ2) is 4.45. The Kier molecular flexibility index (Phi) is 2.67. The summed E-state index contributed by atoms with van der Waals surface area (Å²) in [6.07, 6.45) is 7.07. The highest BCUT2D eigenvalue weighted by Gasteiger charge is 2.25. The molecule has 4 heteroatoms. The van der Waals surface area contributed by atoms with Crippen LogP contribution in [0.1, 0.15) is 40.9 Å². The van der Waals surface area contributed by atoms with Gasteiger partial charge in [-0.15, -0.1) is 0 Å². The topological polar surface area (TPSA) is 39.8 Å². The minimum atomic E-state index is -0.00519. The zero-order valence-corrected chi connectivity index (χ0v) is 12.5. The van der Waals surface area contributed by atoms with E-state index in [2.05, 4.69) is 31.1 Å². The van der Waals surface area contributed by atoms with Gasteiger partial charge in [-0.2, -0.15) is 5.10 Å². The zero-order valence-electron chi connectivity index (χ0n) is 12.5. The first-order valence-electron chi connectivity index (χ1n) is 7.58. The molecule has 0 amide bonds. The molecule has 1 aromatic carbocycles. The van der Waals surface area contributed by atoms with Gasteiger partial charge in [0.25, 0.3) is 0 Å². The second-order valence-electron chi connectivity index (χ2n) is 6.32. The molecule has 2 aliphatic rings. The van der Waals surface area contributed by atoms with Crippen LogP contribution in [0.25, 0.3) is 12.3 Å². The Hall–Kier alpha value is -2.10. The van der Waals surface area contributed by atoms with Crippen molar-refractivity contribution in [3.05, 3.63) is 50.7 Å². The van der Waals surface area contributed by atoms with E-state index in [-0.39, 0.29) is 5.69 Å². The molecule has 0 radical (unpaired) electrons. The molecule has 1 fully saturated rings. The molecule has 4 rings (SSSR count). The largest absolute Gasteiger partial charge is 0.350 e. The van der Waals surface area contributed by atoms with Crippen LogP contribution in [0.5, 0.6) is 0 Å². The molecule has 1 saturated carbocycles. The number of aryl methyl sites for hydroxylation is 2. The maximum absolute atomic E-state index is 12.4. The number of rotatable bonds is 2. The maximum atomic E-state index is 12.4. The van der Waals surface area contributed by atoms with Crippen LogP contribution >= 0.6 is 0 Å². The van der Waals surface area contributed by atoms with E-state index in [1.54, 1.807) is 9.25 Å². The number of hydrogen-bond acceptors (Lipinski definition) is 2. The van der Waals surface area contributed by atoms with Crippen molar-refractivity contribution in [2.24, 2.45) is 5.92 Å². The average Bonchev–Trinajstić information content (AvgIpc) is 3.22. The monoisotopic (exact) mass is 281 g/mol. The van der Waals surface area contributed by atoms with Crippen molar-refractivity contribution >= 4 is 12.3 Å². The molecule has 1 aliphatic carbocycles. The molecule has 1 aliphatic heterocycles. The van der Waals surface area contributed by atoms with Gasteiger partial charge in [0.15, 0.2) is 0 Å². The number of fused-ring (bicyclic) bond motifs is 2. The number of benzene rings is 1. The SMILES string of the molecule is Cc1cc2c(cc1C)Cc1nn(CC3CC3)c(=O)n1C=C2. The van der Waals surface area contributed by atoms with Crippen LogP contribution in [0, 0.1) is 19.8 Å². The van der Waals surface area contributed by atoms with E-state index in [1.807, 2.05) is 12.3 Å². The lowest BCUT2D eigenvalue weighted by molar-refractivity contribution is 0.540. The summed E-state index contributed by atoms with van der Waals surface area (Å²) < 4.78 is 3.34. The van der Waals surface area contributed by atoms with Crippen LogP contribution in [-0.2, 0) is 13.0 Å². The van der Waals surface area contributed by atoms with Gasteiger partial charge in [0, 0.05) is 19.2 Å². The summed E-state index contributed by atoms with van der Waals surface area (Å²) in [6.45, 7) is 5.02. The molecule has 0 unspecified atom stereocenters. The summed E-state index contributed by atoms with van der Waals surface area (Å²) in [5.41, 5.74) is 5.00. The van der Waals surface area contributed by atoms with E-state index in [9.17, 15) is 4.79 Å². The predicted octanol–water partition coefficient (Wildman–Crippen LogP) is 2.60. The van der Waals surface area contributed by atoms with Crippen molar-refractivity contribution in [1.82, 2.24) is 14.3 Å². The Labute approximate surface area is 123 Å². The van der Waals surface area contributed by atoms with E-state index >= 15 is 0 Å². The molecule has 0 N–H and O–H groups in total. The molecule has 108 valence electrons. The number of hydrogen-bond donors (Lipinski definition) is 0. The third-order valence-corrected chi connectivity index (χ3v) is 4.58. The quantitative estimate of drug-likeness (QED) is 0.724. The average molecular weight is 281 g/mol. The fraction of sp³-hybridized carbons (Fsp3) is 0.412. The van der Waals surface area contributed by atoms with Crippen molar-refractivity contribution in [2.75, 3.05) is 0 Å². The summed E-state index contributed by atoms with van der Waals surface area (Å²) in [5, 5.41) is 4.56. The predicted molar refractivity (Wildman–Crippen MR) is 83.2 cm³/mol. The highest BCUT2D eigenvalue weighted by Crippen LogP contribution is 2.30. The molecule has 2 aromatic rings. The van der Waals surface area contributed by atoms with E-state index < -0.39 is 0 Å². The molecule has 4 nitrogen and oxygen atoms in total. The summed E-state index contributed by atoms with van der Waals surface area (Å²) in [5.74, 6) is 1.50. The van der Waals surface area contributed by atoms with Gasteiger partial charge >= 0.3 is 5.69 Å². The van der Waals surface area contributed by atoms with Crippen molar-refractivity contribution in [1.29, 1.82) is 0 Å². The van der Waals surface area contributed by atoms with Crippen molar-refractivity contribution in [3.63, 3.8) is 0 Å². The molecule has 0 saturated heterocycles. The fourth-order valence-corrected chi connectivity index (χ4v) is 2.93. The summed E-state index contributed by atoms with van der Waals surface area (Å²) in [7, 11) is 0. The molecule has 0 bridgehead atoms. The van der Waals surface area contributed by atoms with Crippen LogP contribution in [0.3, 0.4) is 0 Å². The van der Waals surface area contributed by atoms with Crippen molar-refractivity contribution in [3.8, 4) is 0 Å². The molecule has 0 spiro atoms. The smallest absolute Gasteiger partial charge is 0.253 e. The van der Waals surface area contributed by atoms with E-state index in [0.29, 0.717) is 5.92 Å². The standard InChI is InChI=1S/C17H19N3O/c1-11-7-14-5-6-19-16(9-15(14)8-12(11)2)18-20(17(19)21)10-13-3-4-13/h5-8,13H,3-4,9-10H2,1-2H3. The first-order chi connectivity index (χ1) is 10.1. The second-order valence-corrected chi connectivity index (χ2v) is 6.32. The third-order valence-electron chi connectivity index (χ3n) is 4.58. The summed E-state index contributed by atoms with van der Waals surface area (Å²) in [4.78, 5) is 12.4. The fourth-order valence-electron chi connectivity index (χ4n) is 2.93. The van der Waals surface area contributed by atoms with E-state index in [0.717, 1.165) is 18.8 Å². The minimum Gasteiger partial charge on any atom is -0.253 e. The van der Waals surface area contributed by atoms with Crippen molar-refractivity contribution < 1.29 is 0 Å². The molecule has 0 atom stereocenters. The number of aromatic nitrogens is 3. The summed E-state index contributed by atoms with van der Waals surface area (Å²) in [6, 6.07) is 4.41. The van der Waals surface area contributed by atoms with E-state index in [4.69, 9.17) is 0 Å². The number of nitrogens with zero attached hydrogens (tertiary/aromatic N) is 3. The van der Waals surface area contributed by atoms with Gasteiger partial charge in [-0.05, 0) is 60.9 Å². The lowest BCUT2D eigenvalue weighted by Gasteiger charge is -2.07. The molecule has 2 heterocycles. The van der Waals surface area contributed by atoms with Crippen LogP contribution in [0.15, 0.2) is 16.9 Å². The Morgan fingerprint density at radius 3 is 2.76 bits per heavy atom. The highest BCUT2D eigenvalue weighted by molar-refractivity contribution is 5.66. The lowest BCUT2D eigenvalue weighted by atomic mass is 9.98. The van der Waals surface area contributed by atoms with Gasteiger partial charge in [-0.3, -0.25) is 4.57 Å². The molecule has 21 heavy (non-hydrogen) atoms. The zero-order chi connectivity index (χ0) is 14.6. The first-order valence-corrected chi connectivity index (χ1v) is 7.58. The van der Waals surface area contributed by atoms with Gasteiger partial charge in [0.05, 0.1) is 0 Å². The van der Waals surface area contributed by atoms with Gasteiger partial charge in [0.1, 0.15) is 5.82 Å². The van der Waals surface area contributed by atoms with Crippen LogP contribution in [-0.4, -0.2) is 14.3 Å². The van der Waals surface area contributed by atoms with Gasteiger partial charge in [0.2, 0.25) is 0 Å². The highest BCUT2D eigenvalue weighted by atomic mass is 16.2. The lowest BCUT2D eigenvalue weighted by Crippen LogP contribution is -2.23. The van der Waals surface area contributed by atoms with E-state index in [1.165, 1.54) is 35.1 Å². The Balaban J connectivity index is 1.79. The minimum absolute atomic E-state index is 0.00519. The first kappa shape index (κ1) is 12.6. The summed E-state index contributed by atoms with van der Waals surface area (Å²) >= 11 is 0. The molecular weight excluding hydrogens is 262 g/mol. The van der Waals surface area contributed by atoms with Crippen LogP contribution in [0.2, 0.25) is 0 Å².